The Morgan fingerprint density at radius 1 is 1.00 bits per heavy atom. The van der Waals surface area contributed by atoms with Crippen LogP contribution >= 0.6 is 25.4 Å². The number of hydrogen-bond donors (Lipinski definition) is 0. The van der Waals surface area contributed by atoms with E-state index in [2.05, 4.69) is 37.5 Å². The minimum atomic E-state index is -2.26. The number of rotatable bonds is 4. The minimum absolute atomic E-state index is 0.595. The summed E-state index contributed by atoms with van der Waals surface area (Å²) in [6.07, 6.45) is 1.19. The zero-order chi connectivity index (χ0) is 8.74. The van der Waals surface area contributed by atoms with Gasteiger partial charge in [-0.1, -0.05) is 0 Å². The van der Waals surface area contributed by atoms with Gasteiger partial charge in [-0.3, -0.25) is 0 Å². The summed E-state index contributed by atoms with van der Waals surface area (Å²) in [7, 11) is 0. The molecular weight excluding hydrogens is 379 g/mol. The Bertz CT molecular complexity index is 172. The summed E-state index contributed by atoms with van der Waals surface area (Å²) in [5.41, 5.74) is 0. The fraction of sp³-hybridized carbons (Fsp3) is 0.667. The molecule has 0 aromatic carbocycles. The van der Waals surface area contributed by atoms with Crippen molar-refractivity contribution in [1.82, 2.24) is 0 Å². The van der Waals surface area contributed by atoms with Gasteiger partial charge in [-0.15, -0.1) is 0 Å². The molecule has 0 saturated carbocycles. The molecule has 0 saturated heterocycles. The first-order valence-corrected chi connectivity index (χ1v) is 20.1. The monoisotopic (exact) mass is 386 g/mol. The van der Waals surface area contributed by atoms with Gasteiger partial charge in [0.1, 0.15) is 0 Å². The molecule has 0 aromatic heterocycles. The van der Waals surface area contributed by atoms with Crippen LogP contribution in [-0.2, 0) is 0 Å². The van der Waals surface area contributed by atoms with Gasteiger partial charge in [0.05, 0.1) is 0 Å². The maximum atomic E-state index is 8.33. The van der Waals surface area contributed by atoms with E-state index in [1.54, 1.807) is 0 Å². The summed E-state index contributed by atoms with van der Waals surface area (Å²) in [6, 6.07) is 4.22. The van der Waals surface area contributed by atoms with E-state index in [1.165, 1.54) is 0 Å². The van der Waals surface area contributed by atoms with Gasteiger partial charge in [0.2, 0.25) is 0 Å². The van der Waals surface area contributed by atoms with E-state index in [9.17, 15) is 0 Å². The summed E-state index contributed by atoms with van der Waals surface area (Å²) < 4.78 is 1.87. The summed E-state index contributed by atoms with van der Waals surface area (Å²) in [4.78, 5) is 0. The van der Waals surface area contributed by atoms with Crippen molar-refractivity contribution in [2.75, 3.05) is 0 Å². The van der Waals surface area contributed by atoms with E-state index in [0.29, 0.717) is 12.8 Å². The summed E-state index contributed by atoms with van der Waals surface area (Å²) in [5.74, 6) is 0. The van der Waals surface area contributed by atoms with Crippen molar-refractivity contribution in [2.24, 2.45) is 0 Å². The third kappa shape index (κ3) is 7.11. The summed E-state index contributed by atoms with van der Waals surface area (Å²) >= 11 is 4.96. The molecule has 0 aliphatic heterocycles. The van der Waals surface area contributed by atoms with Crippen LogP contribution in [0, 0.1) is 22.7 Å². The van der Waals surface area contributed by atoms with Crippen molar-refractivity contribution in [3.05, 3.63) is 0 Å². The molecule has 11 heavy (non-hydrogen) atoms. The van der Waals surface area contributed by atoms with Crippen molar-refractivity contribution in [1.29, 1.82) is 10.5 Å². The Kier molecular flexibility index (Phi) is 6.70. The van der Waals surface area contributed by atoms with Crippen LogP contribution in [0.2, 0.25) is 8.87 Å². The van der Waals surface area contributed by atoms with Crippen LogP contribution in [0.15, 0.2) is 0 Å². The second-order valence-electron chi connectivity index (χ2n) is 2.17. The van der Waals surface area contributed by atoms with Crippen LogP contribution < -0.4 is 0 Å². The van der Waals surface area contributed by atoms with E-state index in [0.717, 1.165) is 8.87 Å². The Balaban J connectivity index is 3.64. The molecule has 0 atom stereocenters. The molecule has 60 valence electrons. The number of nitriles is 2. The molecule has 5 heteroatoms. The van der Waals surface area contributed by atoms with Crippen LogP contribution in [0.5, 0.6) is 0 Å². The third-order valence-electron chi connectivity index (χ3n) is 1.21. The van der Waals surface area contributed by atoms with Crippen LogP contribution in [0.4, 0.5) is 0 Å². The molecule has 0 rings (SSSR count). The first-order valence-electron chi connectivity index (χ1n) is 3.24. The fourth-order valence-electron chi connectivity index (χ4n) is 0.603. The predicted molar refractivity (Wildman–Crippen MR) is 53.7 cm³/mol. The van der Waals surface area contributed by atoms with Crippen molar-refractivity contribution in [2.45, 2.75) is 21.7 Å². The van der Waals surface area contributed by atoms with Gasteiger partial charge in [0, 0.05) is 0 Å². The van der Waals surface area contributed by atoms with E-state index >= 15 is 0 Å². The summed E-state index contributed by atoms with van der Waals surface area (Å²) in [6.45, 7) is 0. The molecule has 0 unspecified atom stereocenters. The van der Waals surface area contributed by atoms with Gasteiger partial charge in [-0.25, -0.2) is 0 Å². The van der Waals surface area contributed by atoms with Crippen molar-refractivity contribution >= 4 is 39.3 Å². The van der Waals surface area contributed by atoms with Crippen LogP contribution in [0.3, 0.4) is 0 Å². The van der Waals surface area contributed by atoms with Crippen molar-refractivity contribution in [3.63, 3.8) is 0 Å². The van der Waals surface area contributed by atoms with Crippen LogP contribution in [0.25, 0.3) is 0 Å². The average Bonchev–Trinajstić information content (AvgIpc) is 1.97. The molecule has 0 amide bonds. The van der Waals surface area contributed by atoms with E-state index < -0.39 is 13.9 Å². The Morgan fingerprint density at radius 3 is 1.64 bits per heavy atom. The van der Waals surface area contributed by atoms with Crippen molar-refractivity contribution < 1.29 is 0 Å². The van der Waals surface area contributed by atoms with Gasteiger partial charge >= 0.3 is 83.7 Å². The van der Waals surface area contributed by atoms with Crippen molar-refractivity contribution in [3.8, 4) is 12.1 Å². The second kappa shape index (κ2) is 6.28. The normalized spacial score (nSPS) is 10.2. The molecule has 0 fully saturated rings. The summed E-state index contributed by atoms with van der Waals surface area (Å²) in [5, 5.41) is 16.7. The SMILES string of the molecule is N#CC[CH2][Sn]([Br])([Br])[CH2]CC#N. The number of nitrogens with zero attached hydrogens (tertiary/aromatic N) is 2. The predicted octanol–water partition coefficient (Wildman–Crippen LogP) is 3.05. The molecule has 0 bridgehead atoms. The van der Waals surface area contributed by atoms with Gasteiger partial charge in [0.25, 0.3) is 0 Å². The Morgan fingerprint density at radius 2 is 1.36 bits per heavy atom. The van der Waals surface area contributed by atoms with Gasteiger partial charge < -0.3 is 0 Å². The number of halogens is 2. The molecule has 0 spiro atoms. The molecule has 0 radical (unpaired) electrons. The molecule has 2 nitrogen and oxygen atoms in total. The van der Waals surface area contributed by atoms with Gasteiger partial charge in [0.15, 0.2) is 0 Å². The maximum absolute atomic E-state index is 8.33. The third-order valence-corrected chi connectivity index (χ3v) is 17.4. The number of hydrogen-bond acceptors (Lipinski definition) is 2. The quantitative estimate of drug-likeness (QED) is 0.697. The molecule has 0 aromatic rings. The molecule has 0 aliphatic rings. The first kappa shape index (κ1) is 11.7. The topological polar surface area (TPSA) is 47.6 Å². The average molecular weight is 387 g/mol. The zero-order valence-electron chi connectivity index (χ0n) is 5.98. The van der Waals surface area contributed by atoms with E-state index in [4.69, 9.17) is 10.5 Å². The van der Waals surface area contributed by atoms with E-state index in [1.807, 2.05) is 0 Å². The van der Waals surface area contributed by atoms with Gasteiger partial charge in [-0.2, -0.15) is 0 Å². The van der Waals surface area contributed by atoms with Gasteiger partial charge in [-0.05, 0) is 0 Å². The molecule has 0 N–H and O–H groups in total. The second-order valence-corrected chi connectivity index (χ2v) is 37.4. The first-order chi connectivity index (χ1) is 5.12. The van der Waals surface area contributed by atoms with E-state index in [-0.39, 0.29) is 0 Å². The van der Waals surface area contributed by atoms with Crippen LogP contribution in [-0.4, -0.2) is 13.9 Å². The van der Waals surface area contributed by atoms with Crippen LogP contribution in [0.1, 0.15) is 12.8 Å². The Hall–Kier alpha value is 0.739. The molecule has 0 aliphatic carbocycles. The molecular formula is C6H8Br2N2Sn. The standard InChI is InChI=1S/2C3H4N.2BrH.Sn/c2*1-2-3-4;;;/h2*1-2H2;2*1H;/q;;;;+2/p-2. The molecule has 0 heterocycles. The fourth-order valence-corrected chi connectivity index (χ4v) is 9.36. The zero-order valence-corrected chi connectivity index (χ0v) is 12.0. The Labute approximate surface area is 83.0 Å².